The Morgan fingerprint density at radius 1 is 1.06 bits per heavy atom. The number of hydrogen-bond donors (Lipinski definition) is 2. The van der Waals surface area contributed by atoms with E-state index in [4.69, 9.17) is 9.47 Å². The van der Waals surface area contributed by atoms with Crippen LogP contribution in [0.1, 0.15) is 24.8 Å². The van der Waals surface area contributed by atoms with Crippen LogP contribution in [0, 0.1) is 6.92 Å². The van der Waals surface area contributed by atoms with Gasteiger partial charge in [0.2, 0.25) is 11.8 Å². The highest BCUT2D eigenvalue weighted by molar-refractivity contribution is 5.88. The van der Waals surface area contributed by atoms with Gasteiger partial charge in [0.1, 0.15) is 23.6 Å². The van der Waals surface area contributed by atoms with Gasteiger partial charge in [0.15, 0.2) is 0 Å². The summed E-state index contributed by atoms with van der Waals surface area (Å²) in [5, 5.41) is 12.1. The predicted octanol–water partition coefficient (Wildman–Crippen LogP) is 2.40. The van der Waals surface area contributed by atoms with E-state index in [0.717, 1.165) is 11.3 Å². The number of carboxylic acid groups (broad SMARTS) is 1. The summed E-state index contributed by atoms with van der Waals surface area (Å²) in [5.41, 5.74) is 1.09. The van der Waals surface area contributed by atoms with Crippen LogP contribution < -0.4 is 14.8 Å². The molecule has 0 saturated carbocycles. The average Bonchev–Trinajstić information content (AvgIpc) is 3.22. The quantitative estimate of drug-likeness (QED) is 0.550. The van der Waals surface area contributed by atoms with Crippen LogP contribution in [-0.2, 0) is 14.4 Å². The Labute approximate surface area is 187 Å². The largest absolute Gasteiger partial charge is 0.494 e. The standard InChI is InChI=1S/C24H28N2O6/c1-17-9-11-19(12-10-17)32-20-14-21(24(29)30)26(16-20)23(28)15-25-22(27)8-5-13-31-18-6-3-2-4-7-18/h2-4,6-7,9-12,20-21H,5,8,13-16H2,1H3,(H,25,27)(H,29,30)/t20-,21+/m1/s1. The zero-order chi connectivity index (χ0) is 22.9. The molecule has 2 aromatic carbocycles. The van der Waals surface area contributed by atoms with E-state index in [1.54, 1.807) is 0 Å². The van der Waals surface area contributed by atoms with Crippen molar-refractivity contribution in [2.24, 2.45) is 0 Å². The molecule has 0 radical (unpaired) electrons. The van der Waals surface area contributed by atoms with Gasteiger partial charge in [0.25, 0.3) is 0 Å². The third-order valence-corrected chi connectivity index (χ3v) is 5.19. The molecule has 1 aliphatic rings. The molecule has 170 valence electrons. The summed E-state index contributed by atoms with van der Waals surface area (Å²) >= 11 is 0. The molecule has 2 amide bonds. The molecular formula is C24H28N2O6. The number of nitrogens with zero attached hydrogens (tertiary/aromatic N) is 1. The SMILES string of the molecule is Cc1ccc(O[C@@H]2C[C@@H](C(=O)O)N(C(=O)CNC(=O)CCCOc3ccccc3)C2)cc1. The fourth-order valence-corrected chi connectivity index (χ4v) is 3.51. The van der Waals surface area contributed by atoms with E-state index < -0.39 is 24.0 Å². The van der Waals surface area contributed by atoms with E-state index in [0.29, 0.717) is 18.8 Å². The van der Waals surface area contributed by atoms with Gasteiger partial charge < -0.3 is 24.8 Å². The lowest BCUT2D eigenvalue weighted by atomic mass is 10.2. The molecule has 8 nitrogen and oxygen atoms in total. The molecule has 0 unspecified atom stereocenters. The number of aryl methyl sites for hydroxylation is 1. The summed E-state index contributed by atoms with van der Waals surface area (Å²) in [5.74, 6) is -0.447. The fraction of sp³-hybridized carbons (Fsp3) is 0.375. The normalized spacial score (nSPS) is 17.6. The van der Waals surface area contributed by atoms with Crippen LogP contribution in [0.4, 0.5) is 0 Å². The first-order valence-electron chi connectivity index (χ1n) is 10.6. The Morgan fingerprint density at radius 2 is 1.78 bits per heavy atom. The second-order valence-electron chi connectivity index (χ2n) is 7.73. The van der Waals surface area contributed by atoms with Crippen LogP contribution in [-0.4, -0.2) is 59.6 Å². The number of carbonyl (C=O) groups excluding carboxylic acids is 2. The number of para-hydroxylation sites is 1. The van der Waals surface area contributed by atoms with Gasteiger partial charge >= 0.3 is 5.97 Å². The maximum absolute atomic E-state index is 12.6. The monoisotopic (exact) mass is 440 g/mol. The van der Waals surface area contributed by atoms with Crippen LogP contribution in [0.2, 0.25) is 0 Å². The maximum Gasteiger partial charge on any atom is 0.326 e. The summed E-state index contributed by atoms with van der Waals surface area (Å²) in [6.07, 6.45) is 0.484. The minimum Gasteiger partial charge on any atom is -0.494 e. The summed E-state index contributed by atoms with van der Waals surface area (Å²) in [7, 11) is 0. The predicted molar refractivity (Wildman–Crippen MR) is 118 cm³/mol. The molecule has 1 aliphatic heterocycles. The number of carbonyl (C=O) groups is 3. The minimum atomic E-state index is -1.09. The van der Waals surface area contributed by atoms with Crippen molar-refractivity contribution >= 4 is 17.8 Å². The number of hydrogen-bond acceptors (Lipinski definition) is 5. The smallest absolute Gasteiger partial charge is 0.326 e. The van der Waals surface area contributed by atoms with Gasteiger partial charge in [-0.05, 0) is 37.6 Å². The summed E-state index contributed by atoms with van der Waals surface area (Å²) in [6.45, 7) is 2.26. The molecular weight excluding hydrogens is 412 g/mol. The van der Waals surface area contributed by atoms with Crippen molar-refractivity contribution in [2.75, 3.05) is 19.7 Å². The van der Waals surface area contributed by atoms with Crippen LogP contribution in [0.5, 0.6) is 11.5 Å². The van der Waals surface area contributed by atoms with Crippen LogP contribution in [0.15, 0.2) is 54.6 Å². The number of likely N-dealkylation sites (tertiary alicyclic amines) is 1. The van der Waals surface area contributed by atoms with Crippen molar-refractivity contribution in [3.05, 3.63) is 60.2 Å². The molecule has 0 aromatic heterocycles. The maximum atomic E-state index is 12.6. The second-order valence-corrected chi connectivity index (χ2v) is 7.73. The summed E-state index contributed by atoms with van der Waals surface area (Å²) in [6, 6.07) is 15.8. The van der Waals surface area contributed by atoms with Crippen molar-refractivity contribution in [3.63, 3.8) is 0 Å². The molecule has 1 fully saturated rings. The summed E-state index contributed by atoms with van der Waals surface area (Å²) in [4.78, 5) is 37.5. The van der Waals surface area contributed by atoms with Gasteiger partial charge in [0, 0.05) is 12.8 Å². The van der Waals surface area contributed by atoms with Gasteiger partial charge in [0.05, 0.1) is 19.7 Å². The molecule has 2 aromatic rings. The van der Waals surface area contributed by atoms with Gasteiger partial charge in [-0.3, -0.25) is 9.59 Å². The topological polar surface area (TPSA) is 105 Å². The third kappa shape index (κ3) is 6.73. The lowest BCUT2D eigenvalue weighted by Gasteiger charge is -2.21. The molecule has 3 rings (SSSR count). The first kappa shape index (κ1) is 23.1. The van der Waals surface area contributed by atoms with E-state index in [-0.39, 0.29) is 31.8 Å². The van der Waals surface area contributed by atoms with E-state index >= 15 is 0 Å². The van der Waals surface area contributed by atoms with E-state index in [1.807, 2.05) is 61.5 Å². The fourth-order valence-electron chi connectivity index (χ4n) is 3.51. The lowest BCUT2D eigenvalue weighted by Crippen LogP contribution is -2.45. The number of carboxylic acids is 1. The number of benzene rings is 2. The van der Waals surface area contributed by atoms with E-state index in [2.05, 4.69) is 5.32 Å². The van der Waals surface area contributed by atoms with Crippen molar-refractivity contribution in [3.8, 4) is 11.5 Å². The Hall–Kier alpha value is -3.55. The van der Waals surface area contributed by atoms with Gasteiger partial charge in [-0.15, -0.1) is 0 Å². The van der Waals surface area contributed by atoms with Crippen LogP contribution >= 0.6 is 0 Å². The van der Waals surface area contributed by atoms with Gasteiger partial charge in [-0.2, -0.15) is 0 Å². The van der Waals surface area contributed by atoms with Gasteiger partial charge in [-0.1, -0.05) is 35.9 Å². The molecule has 8 heteroatoms. The Morgan fingerprint density at radius 3 is 2.47 bits per heavy atom. The molecule has 2 N–H and O–H groups in total. The number of amides is 2. The number of nitrogens with one attached hydrogen (secondary N) is 1. The highest BCUT2D eigenvalue weighted by Crippen LogP contribution is 2.23. The van der Waals surface area contributed by atoms with E-state index in [9.17, 15) is 19.5 Å². The van der Waals surface area contributed by atoms with E-state index in [1.165, 1.54) is 4.90 Å². The Bertz CT molecular complexity index is 916. The molecule has 0 spiro atoms. The third-order valence-electron chi connectivity index (χ3n) is 5.19. The first-order valence-corrected chi connectivity index (χ1v) is 10.6. The number of aliphatic carboxylic acids is 1. The Kier molecular flexibility index (Phi) is 8.08. The molecule has 0 aliphatic carbocycles. The summed E-state index contributed by atoms with van der Waals surface area (Å²) < 4.78 is 11.4. The minimum absolute atomic E-state index is 0.157. The first-order chi connectivity index (χ1) is 15.4. The molecule has 1 heterocycles. The van der Waals surface area contributed by atoms with Crippen LogP contribution in [0.3, 0.4) is 0 Å². The van der Waals surface area contributed by atoms with Gasteiger partial charge in [-0.25, -0.2) is 4.79 Å². The zero-order valence-corrected chi connectivity index (χ0v) is 18.0. The molecule has 1 saturated heterocycles. The average molecular weight is 440 g/mol. The van der Waals surface area contributed by atoms with Crippen molar-refractivity contribution in [1.82, 2.24) is 10.2 Å². The molecule has 32 heavy (non-hydrogen) atoms. The second kappa shape index (κ2) is 11.2. The van der Waals surface area contributed by atoms with Crippen LogP contribution in [0.25, 0.3) is 0 Å². The zero-order valence-electron chi connectivity index (χ0n) is 18.0. The molecule has 0 bridgehead atoms. The molecule has 2 atom stereocenters. The Balaban J connectivity index is 1.42. The van der Waals surface area contributed by atoms with Crippen molar-refractivity contribution in [2.45, 2.75) is 38.3 Å². The van der Waals surface area contributed by atoms with Crippen molar-refractivity contribution < 1.29 is 29.0 Å². The highest BCUT2D eigenvalue weighted by Gasteiger charge is 2.40. The highest BCUT2D eigenvalue weighted by atomic mass is 16.5. The van der Waals surface area contributed by atoms with Crippen molar-refractivity contribution in [1.29, 1.82) is 0 Å². The number of ether oxygens (including phenoxy) is 2. The number of rotatable bonds is 10. The lowest BCUT2D eigenvalue weighted by molar-refractivity contribution is -0.148.